The van der Waals surface area contributed by atoms with Crippen molar-refractivity contribution in [2.45, 2.75) is 13.0 Å². The van der Waals surface area contributed by atoms with Gasteiger partial charge in [0.25, 0.3) is 5.91 Å². The number of hydrogen-bond acceptors (Lipinski definition) is 6. The van der Waals surface area contributed by atoms with Crippen molar-refractivity contribution in [2.75, 3.05) is 12.9 Å². The summed E-state index contributed by atoms with van der Waals surface area (Å²) in [6.45, 7) is 1.61. The topological polar surface area (TPSA) is 116 Å². The van der Waals surface area contributed by atoms with E-state index in [-0.39, 0.29) is 6.61 Å². The van der Waals surface area contributed by atoms with Crippen LogP contribution in [0.15, 0.2) is 0 Å². The summed E-state index contributed by atoms with van der Waals surface area (Å²) in [5.41, 5.74) is 5.10. The van der Waals surface area contributed by atoms with E-state index in [0.717, 1.165) is 6.26 Å². The van der Waals surface area contributed by atoms with Crippen molar-refractivity contribution in [1.29, 1.82) is 0 Å². The van der Waals surface area contributed by atoms with Gasteiger partial charge < -0.3 is 10.5 Å². The molecule has 0 aliphatic rings. The van der Waals surface area contributed by atoms with Crippen LogP contribution >= 0.6 is 0 Å². The summed E-state index contributed by atoms with van der Waals surface area (Å²) in [4.78, 5) is 21.8. The van der Waals surface area contributed by atoms with E-state index in [0.29, 0.717) is 0 Å². The fourth-order valence-corrected chi connectivity index (χ4v) is 1.08. The second-order valence-electron chi connectivity index (χ2n) is 2.47. The molecule has 1 unspecified atom stereocenters. The number of esters is 1. The summed E-state index contributed by atoms with van der Waals surface area (Å²) < 4.78 is 27.2. The average molecular weight is 224 g/mol. The highest BCUT2D eigenvalue weighted by Gasteiger charge is 2.25. The highest BCUT2D eigenvalue weighted by Crippen LogP contribution is 1.87. The molecule has 0 saturated heterocycles. The van der Waals surface area contributed by atoms with E-state index < -0.39 is 27.9 Å². The van der Waals surface area contributed by atoms with E-state index in [4.69, 9.17) is 5.73 Å². The maximum absolute atomic E-state index is 11.0. The van der Waals surface area contributed by atoms with Crippen LogP contribution in [0.5, 0.6) is 0 Å². The predicted octanol–water partition coefficient (Wildman–Crippen LogP) is -2.05. The Hall–Kier alpha value is -1.15. The van der Waals surface area contributed by atoms with Crippen molar-refractivity contribution in [3.05, 3.63) is 0 Å². The van der Waals surface area contributed by atoms with Crippen LogP contribution in [-0.2, 0) is 24.3 Å². The summed E-state index contributed by atoms with van der Waals surface area (Å²) >= 11 is 0. The molecule has 7 nitrogen and oxygen atoms in total. The molecular formula is C6H12N2O5S. The molecule has 3 N–H and O–H groups in total. The van der Waals surface area contributed by atoms with E-state index >= 15 is 0 Å². The Kier molecular flexibility index (Phi) is 4.51. The molecule has 8 heteroatoms. The zero-order valence-electron chi connectivity index (χ0n) is 7.81. The summed E-state index contributed by atoms with van der Waals surface area (Å²) in [6, 6.07) is -1.62. The quantitative estimate of drug-likeness (QED) is 0.419. The first-order chi connectivity index (χ1) is 6.28. The highest BCUT2D eigenvalue weighted by molar-refractivity contribution is 7.89. The van der Waals surface area contributed by atoms with Crippen LogP contribution in [0.1, 0.15) is 6.92 Å². The molecule has 0 aliphatic heterocycles. The van der Waals surface area contributed by atoms with Gasteiger partial charge in [-0.25, -0.2) is 13.2 Å². The SMILES string of the molecule is CCOC(=O)C(N)C(=O)NS(C)(=O)=O. The zero-order chi connectivity index (χ0) is 11.4. The van der Waals surface area contributed by atoms with Gasteiger partial charge >= 0.3 is 5.97 Å². The van der Waals surface area contributed by atoms with Crippen molar-refractivity contribution in [2.24, 2.45) is 5.73 Å². The molecule has 0 rings (SSSR count). The third-order valence-electron chi connectivity index (χ3n) is 1.11. The summed E-state index contributed by atoms with van der Waals surface area (Å²) in [6.07, 6.45) is 0.781. The maximum atomic E-state index is 11.0. The first-order valence-corrected chi connectivity index (χ1v) is 5.61. The molecule has 1 amide bonds. The van der Waals surface area contributed by atoms with Crippen molar-refractivity contribution < 1.29 is 22.7 Å². The van der Waals surface area contributed by atoms with Crippen LogP contribution in [-0.4, -0.2) is 39.2 Å². The fraction of sp³-hybridized carbons (Fsp3) is 0.667. The Morgan fingerprint density at radius 1 is 1.50 bits per heavy atom. The standard InChI is InChI=1S/C6H12N2O5S/c1-3-13-6(10)4(7)5(9)8-14(2,11)12/h4H,3,7H2,1-2H3,(H,8,9). The molecule has 14 heavy (non-hydrogen) atoms. The smallest absolute Gasteiger partial charge is 0.332 e. The van der Waals surface area contributed by atoms with Crippen LogP contribution in [0, 0.1) is 0 Å². The normalized spacial score (nSPS) is 13.1. The van der Waals surface area contributed by atoms with Crippen molar-refractivity contribution in [1.82, 2.24) is 4.72 Å². The Morgan fingerprint density at radius 3 is 2.36 bits per heavy atom. The molecule has 0 aromatic rings. The van der Waals surface area contributed by atoms with E-state index in [1.165, 1.54) is 0 Å². The van der Waals surface area contributed by atoms with Gasteiger partial charge in [-0.3, -0.25) is 9.52 Å². The average Bonchev–Trinajstić information content (AvgIpc) is 2.00. The molecule has 1 atom stereocenters. The monoisotopic (exact) mass is 224 g/mol. The van der Waals surface area contributed by atoms with Crippen LogP contribution in [0.2, 0.25) is 0 Å². The van der Waals surface area contributed by atoms with E-state index in [2.05, 4.69) is 4.74 Å². The van der Waals surface area contributed by atoms with Crippen molar-refractivity contribution >= 4 is 21.9 Å². The van der Waals surface area contributed by atoms with Crippen molar-refractivity contribution in [3.63, 3.8) is 0 Å². The minimum Gasteiger partial charge on any atom is -0.464 e. The summed E-state index contributed by atoms with van der Waals surface area (Å²) in [7, 11) is -3.70. The molecule has 0 aromatic heterocycles. The minimum atomic E-state index is -3.70. The van der Waals surface area contributed by atoms with Gasteiger partial charge in [0.05, 0.1) is 12.9 Å². The van der Waals surface area contributed by atoms with Gasteiger partial charge in [0, 0.05) is 0 Å². The summed E-state index contributed by atoms with van der Waals surface area (Å²) in [5.74, 6) is -2.07. The summed E-state index contributed by atoms with van der Waals surface area (Å²) in [5, 5.41) is 0. The van der Waals surface area contributed by atoms with Gasteiger partial charge in [0.1, 0.15) is 0 Å². The molecule has 0 aliphatic carbocycles. The van der Waals surface area contributed by atoms with Gasteiger partial charge in [0.2, 0.25) is 10.0 Å². The molecule has 0 heterocycles. The second-order valence-corrected chi connectivity index (χ2v) is 4.22. The van der Waals surface area contributed by atoms with Crippen LogP contribution in [0.25, 0.3) is 0 Å². The number of amides is 1. The molecule has 0 saturated carbocycles. The number of nitrogens with two attached hydrogens (primary N) is 1. The number of rotatable bonds is 4. The van der Waals surface area contributed by atoms with Gasteiger partial charge in [0.15, 0.2) is 6.04 Å². The lowest BCUT2D eigenvalue weighted by Gasteiger charge is -2.09. The maximum Gasteiger partial charge on any atom is 0.332 e. The Balaban J connectivity index is 4.34. The van der Waals surface area contributed by atoms with Crippen molar-refractivity contribution in [3.8, 4) is 0 Å². The number of hydrogen-bond donors (Lipinski definition) is 2. The van der Waals surface area contributed by atoms with E-state index in [9.17, 15) is 18.0 Å². The molecular weight excluding hydrogens is 212 g/mol. The third kappa shape index (κ3) is 4.77. The predicted molar refractivity (Wildman–Crippen MR) is 47.6 cm³/mol. The Labute approximate surface area is 81.7 Å². The van der Waals surface area contributed by atoms with E-state index in [1.54, 1.807) is 11.6 Å². The van der Waals surface area contributed by atoms with E-state index in [1.807, 2.05) is 0 Å². The fourth-order valence-electron chi connectivity index (χ4n) is 0.585. The lowest BCUT2D eigenvalue weighted by molar-refractivity contribution is -0.147. The molecule has 0 radical (unpaired) electrons. The number of carbonyl (C=O) groups excluding carboxylic acids is 2. The highest BCUT2D eigenvalue weighted by atomic mass is 32.2. The first-order valence-electron chi connectivity index (χ1n) is 3.71. The number of sulfonamides is 1. The number of nitrogens with one attached hydrogen (secondary N) is 1. The number of ether oxygens (including phenoxy) is 1. The van der Waals surface area contributed by atoms with Crippen LogP contribution in [0.4, 0.5) is 0 Å². The van der Waals surface area contributed by atoms with Crippen LogP contribution in [0.3, 0.4) is 0 Å². The third-order valence-corrected chi connectivity index (χ3v) is 1.68. The largest absolute Gasteiger partial charge is 0.464 e. The van der Waals surface area contributed by atoms with Crippen LogP contribution < -0.4 is 10.5 Å². The van der Waals surface area contributed by atoms with Gasteiger partial charge in [-0.15, -0.1) is 0 Å². The Bertz CT molecular complexity index is 323. The lowest BCUT2D eigenvalue weighted by Crippen LogP contribution is -2.48. The Morgan fingerprint density at radius 2 is 2.00 bits per heavy atom. The van der Waals surface area contributed by atoms with Gasteiger partial charge in [-0.1, -0.05) is 0 Å². The molecule has 0 fully saturated rings. The zero-order valence-corrected chi connectivity index (χ0v) is 8.63. The van der Waals surface area contributed by atoms with Gasteiger partial charge in [-0.05, 0) is 6.92 Å². The molecule has 82 valence electrons. The number of carbonyl (C=O) groups is 2. The molecule has 0 aromatic carbocycles. The molecule has 0 spiro atoms. The molecule has 0 bridgehead atoms. The van der Waals surface area contributed by atoms with Gasteiger partial charge in [-0.2, -0.15) is 0 Å². The second kappa shape index (κ2) is 4.91. The minimum absolute atomic E-state index is 0.0681. The first kappa shape index (κ1) is 12.8. The lowest BCUT2D eigenvalue weighted by atomic mass is 10.3.